The smallest absolute Gasteiger partial charge is 0.194 e. The number of hydrogen-bond acceptors (Lipinski definition) is 2. The largest absolute Gasteiger partial charge is 0.472 e. The first-order chi connectivity index (χ1) is 5.85. The lowest BCUT2D eigenvalue weighted by molar-refractivity contribution is 0.237. The number of nitrogens with zero attached hydrogens (tertiary/aromatic N) is 1. The topological polar surface area (TPSA) is 33.0 Å². The number of benzene rings is 1. The highest BCUT2D eigenvalue weighted by atomic mass is 16.5. The van der Waals surface area contributed by atoms with Crippen molar-refractivity contribution in [3.05, 3.63) is 30.3 Å². The first-order valence-electron chi connectivity index (χ1n) is 4.00. The Hall–Kier alpha value is -1.49. The minimum Gasteiger partial charge on any atom is -0.472 e. The highest BCUT2D eigenvalue weighted by Crippen LogP contribution is 2.39. The van der Waals surface area contributed by atoms with Gasteiger partial charge in [0, 0.05) is 12.8 Å². The van der Waals surface area contributed by atoms with Crippen molar-refractivity contribution in [2.24, 2.45) is 0 Å². The Kier molecular flexibility index (Phi) is 1.51. The number of para-hydroxylation sites is 1. The molecular weight excluding hydrogens is 150 g/mol. The zero-order valence-electron chi connectivity index (χ0n) is 6.66. The van der Waals surface area contributed by atoms with Gasteiger partial charge in [0.1, 0.15) is 11.8 Å². The second kappa shape index (κ2) is 2.53. The fourth-order valence-electron chi connectivity index (χ4n) is 1.06. The van der Waals surface area contributed by atoms with Gasteiger partial charge in [0.15, 0.2) is 5.60 Å². The summed E-state index contributed by atoms with van der Waals surface area (Å²) in [5, 5.41) is 8.74. The molecule has 0 heterocycles. The molecule has 0 spiro atoms. The quantitative estimate of drug-likeness (QED) is 0.662. The number of rotatable bonds is 2. The molecule has 1 saturated carbocycles. The van der Waals surface area contributed by atoms with E-state index < -0.39 is 5.60 Å². The van der Waals surface area contributed by atoms with Gasteiger partial charge in [-0.05, 0) is 12.1 Å². The Morgan fingerprint density at radius 3 is 2.42 bits per heavy atom. The number of nitriles is 1. The summed E-state index contributed by atoms with van der Waals surface area (Å²) in [6, 6.07) is 11.7. The van der Waals surface area contributed by atoms with E-state index in [0.717, 1.165) is 18.6 Å². The van der Waals surface area contributed by atoms with E-state index in [0.29, 0.717) is 0 Å². The Balaban J connectivity index is 2.11. The molecule has 1 aliphatic carbocycles. The first kappa shape index (κ1) is 7.17. The summed E-state index contributed by atoms with van der Waals surface area (Å²) < 4.78 is 5.50. The van der Waals surface area contributed by atoms with Gasteiger partial charge in [0.25, 0.3) is 0 Å². The molecule has 1 aliphatic rings. The summed E-state index contributed by atoms with van der Waals surface area (Å²) in [7, 11) is 0. The van der Waals surface area contributed by atoms with Gasteiger partial charge in [-0.15, -0.1) is 0 Å². The molecule has 1 aromatic rings. The lowest BCUT2D eigenvalue weighted by Crippen LogP contribution is -2.14. The first-order valence-corrected chi connectivity index (χ1v) is 4.00. The van der Waals surface area contributed by atoms with Crippen LogP contribution >= 0.6 is 0 Å². The minimum absolute atomic E-state index is 0.499. The van der Waals surface area contributed by atoms with E-state index in [2.05, 4.69) is 6.07 Å². The Bertz CT molecular complexity index is 308. The SMILES string of the molecule is N#CC1(Oc2ccccc2)CC1. The highest BCUT2D eigenvalue weighted by Gasteiger charge is 2.46. The third-order valence-electron chi connectivity index (χ3n) is 1.96. The second-order valence-corrected chi connectivity index (χ2v) is 3.02. The molecule has 2 nitrogen and oxygen atoms in total. The average molecular weight is 159 g/mol. The zero-order chi connectivity index (χ0) is 8.44. The van der Waals surface area contributed by atoms with Gasteiger partial charge in [-0.25, -0.2) is 0 Å². The van der Waals surface area contributed by atoms with Crippen LogP contribution in [0, 0.1) is 11.3 Å². The van der Waals surface area contributed by atoms with E-state index in [4.69, 9.17) is 10.00 Å². The molecule has 1 fully saturated rings. The van der Waals surface area contributed by atoms with Crippen LogP contribution in [0.1, 0.15) is 12.8 Å². The van der Waals surface area contributed by atoms with E-state index in [1.165, 1.54) is 0 Å². The molecule has 0 N–H and O–H groups in total. The van der Waals surface area contributed by atoms with Crippen LogP contribution in [0.2, 0.25) is 0 Å². The van der Waals surface area contributed by atoms with Crippen LogP contribution in [0.5, 0.6) is 5.75 Å². The molecule has 0 atom stereocenters. The van der Waals surface area contributed by atoms with Gasteiger partial charge in [-0.3, -0.25) is 0 Å². The molecule has 0 bridgehead atoms. The van der Waals surface area contributed by atoms with E-state index in [-0.39, 0.29) is 0 Å². The van der Waals surface area contributed by atoms with Crippen LogP contribution in [0.4, 0.5) is 0 Å². The normalized spacial score (nSPS) is 17.9. The van der Waals surface area contributed by atoms with Crippen molar-refractivity contribution in [1.29, 1.82) is 5.26 Å². The molecule has 0 amide bonds. The lowest BCUT2D eigenvalue weighted by Gasteiger charge is -2.08. The summed E-state index contributed by atoms with van der Waals surface area (Å²) in [6.45, 7) is 0. The van der Waals surface area contributed by atoms with Gasteiger partial charge in [-0.1, -0.05) is 18.2 Å². The van der Waals surface area contributed by atoms with Crippen LogP contribution in [0.3, 0.4) is 0 Å². The summed E-state index contributed by atoms with van der Waals surface area (Å²) in [5.41, 5.74) is -0.499. The van der Waals surface area contributed by atoms with E-state index >= 15 is 0 Å². The maximum atomic E-state index is 8.74. The zero-order valence-corrected chi connectivity index (χ0v) is 6.66. The molecule has 1 aromatic carbocycles. The van der Waals surface area contributed by atoms with Crippen LogP contribution in [-0.4, -0.2) is 5.60 Å². The molecule has 0 unspecified atom stereocenters. The molecule has 0 radical (unpaired) electrons. The fourth-order valence-corrected chi connectivity index (χ4v) is 1.06. The number of ether oxygens (including phenoxy) is 1. The van der Waals surface area contributed by atoms with Crippen molar-refractivity contribution >= 4 is 0 Å². The molecule has 0 aliphatic heterocycles. The molecule has 0 aromatic heterocycles. The summed E-state index contributed by atoms with van der Waals surface area (Å²) in [6.07, 6.45) is 1.72. The lowest BCUT2D eigenvalue weighted by atomic mass is 10.3. The molecule has 2 rings (SSSR count). The predicted molar refractivity (Wildman–Crippen MR) is 44.6 cm³/mol. The summed E-state index contributed by atoms with van der Waals surface area (Å²) in [5.74, 6) is 0.788. The monoisotopic (exact) mass is 159 g/mol. The van der Waals surface area contributed by atoms with Crippen LogP contribution in [-0.2, 0) is 0 Å². The van der Waals surface area contributed by atoms with Gasteiger partial charge in [0.2, 0.25) is 0 Å². The average Bonchev–Trinajstić information content (AvgIpc) is 2.88. The van der Waals surface area contributed by atoms with Gasteiger partial charge >= 0.3 is 0 Å². The fraction of sp³-hybridized carbons (Fsp3) is 0.300. The summed E-state index contributed by atoms with van der Waals surface area (Å²) >= 11 is 0. The maximum absolute atomic E-state index is 8.74. The van der Waals surface area contributed by atoms with Gasteiger partial charge < -0.3 is 4.74 Å². The number of hydrogen-bond donors (Lipinski definition) is 0. The molecule has 12 heavy (non-hydrogen) atoms. The third-order valence-corrected chi connectivity index (χ3v) is 1.96. The standard InChI is InChI=1S/C10H9NO/c11-8-10(6-7-10)12-9-4-2-1-3-5-9/h1-5H,6-7H2. The molecule has 60 valence electrons. The second-order valence-electron chi connectivity index (χ2n) is 3.02. The van der Waals surface area contributed by atoms with Crippen molar-refractivity contribution in [1.82, 2.24) is 0 Å². The van der Waals surface area contributed by atoms with Crippen LogP contribution in [0.25, 0.3) is 0 Å². The van der Waals surface area contributed by atoms with Crippen molar-refractivity contribution in [2.75, 3.05) is 0 Å². The molecule has 0 saturated heterocycles. The van der Waals surface area contributed by atoms with E-state index in [9.17, 15) is 0 Å². The predicted octanol–water partition coefficient (Wildman–Crippen LogP) is 2.12. The van der Waals surface area contributed by atoms with Crippen molar-refractivity contribution in [3.8, 4) is 11.8 Å². The Morgan fingerprint density at radius 1 is 1.25 bits per heavy atom. The Labute approximate surface area is 71.4 Å². The highest BCUT2D eigenvalue weighted by molar-refractivity contribution is 5.26. The van der Waals surface area contributed by atoms with Crippen LogP contribution < -0.4 is 4.74 Å². The van der Waals surface area contributed by atoms with E-state index in [1.807, 2.05) is 30.3 Å². The Morgan fingerprint density at radius 2 is 1.92 bits per heavy atom. The van der Waals surface area contributed by atoms with Crippen molar-refractivity contribution < 1.29 is 4.74 Å². The van der Waals surface area contributed by atoms with Crippen molar-refractivity contribution in [3.63, 3.8) is 0 Å². The van der Waals surface area contributed by atoms with Crippen molar-refractivity contribution in [2.45, 2.75) is 18.4 Å². The van der Waals surface area contributed by atoms with Gasteiger partial charge in [-0.2, -0.15) is 5.26 Å². The minimum atomic E-state index is -0.499. The molecular formula is C10H9NO. The van der Waals surface area contributed by atoms with Crippen LogP contribution in [0.15, 0.2) is 30.3 Å². The third kappa shape index (κ3) is 1.26. The molecule has 2 heteroatoms. The van der Waals surface area contributed by atoms with Gasteiger partial charge in [0.05, 0.1) is 0 Å². The van der Waals surface area contributed by atoms with E-state index in [1.54, 1.807) is 0 Å². The maximum Gasteiger partial charge on any atom is 0.194 e. The summed E-state index contributed by atoms with van der Waals surface area (Å²) in [4.78, 5) is 0.